The molecule has 0 amide bonds. The Labute approximate surface area is 304 Å². The Hall–Kier alpha value is -4.86. The van der Waals surface area contributed by atoms with Crippen LogP contribution in [-0.2, 0) is 35.8 Å². The Morgan fingerprint density at radius 2 is 0.692 bits per heavy atom. The van der Waals surface area contributed by atoms with Gasteiger partial charge in [-0.15, -0.1) is 0 Å². The fourth-order valence-electron chi connectivity index (χ4n) is 8.08. The average Bonchev–Trinajstić information content (AvgIpc) is 3.16. The molecule has 0 unspecified atom stereocenters. The molecule has 8 heteroatoms. The summed E-state index contributed by atoms with van der Waals surface area (Å²) in [5.41, 5.74) is 4.66. The predicted octanol–water partition coefficient (Wildman–Crippen LogP) is 7.62. The van der Waals surface area contributed by atoms with Crippen LogP contribution in [0.2, 0.25) is 0 Å². The van der Waals surface area contributed by atoms with Gasteiger partial charge in [0, 0.05) is 26.2 Å². The number of benzene rings is 6. The van der Waals surface area contributed by atoms with Gasteiger partial charge >= 0.3 is 11.9 Å². The molecule has 0 fully saturated rings. The number of nitrogens with one attached hydrogen (secondary N) is 4. The van der Waals surface area contributed by atoms with Gasteiger partial charge in [-0.25, -0.2) is 0 Å². The molecule has 7 rings (SSSR count). The maximum Gasteiger partial charge on any atom is 0.320 e. The molecular weight excluding hydrogens is 649 g/mol. The van der Waals surface area contributed by atoms with Crippen molar-refractivity contribution >= 4 is 55.0 Å². The van der Waals surface area contributed by atoms with Crippen molar-refractivity contribution in [2.75, 3.05) is 13.1 Å². The van der Waals surface area contributed by atoms with Crippen molar-refractivity contribution < 1.29 is 19.8 Å². The summed E-state index contributed by atoms with van der Waals surface area (Å²) in [6.07, 6.45) is 4.35. The summed E-state index contributed by atoms with van der Waals surface area (Å²) < 4.78 is 0. The highest BCUT2D eigenvalue weighted by Crippen LogP contribution is 2.35. The number of rotatable bonds is 2. The molecule has 6 aromatic rings. The molecule has 52 heavy (non-hydrogen) atoms. The number of fused-ring (bicyclic) bond motifs is 6. The van der Waals surface area contributed by atoms with Crippen molar-refractivity contribution in [3.63, 3.8) is 0 Å². The summed E-state index contributed by atoms with van der Waals surface area (Å²) in [6.45, 7) is 3.86. The van der Waals surface area contributed by atoms with Crippen molar-refractivity contribution in [3.8, 4) is 0 Å². The summed E-state index contributed by atoms with van der Waals surface area (Å²) in [5, 5.41) is 43.7. The van der Waals surface area contributed by atoms with Crippen LogP contribution in [0.3, 0.4) is 0 Å². The topological polar surface area (TPSA) is 123 Å². The SMILES string of the molecule is O=C(O)[C@@H]1CCCCNCc2c3ccccc3c(c3ccccc23)CNCCCC[C@@H](C(=O)O)NCc2c3ccccc3c(c3ccccc23)CN1. The molecule has 1 aliphatic rings. The van der Waals surface area contributed by atoms with Crippen molar-refractivity contribution in [2.45, 2.75) is 76.8 Å². The first-order chi connectivity index (χ1) is 25.5. The van der Waals surface area contributed by atoms with Crippen LogP contribution in [0.15, 0.2) is 97.1 Å². The zero-order valence-electron chi connectivity index (χ0n) is 29.6. The minimum absolute atomic E-state index is 0.409. The highest BCUT2D eigenvalue weighted by Gasteiger charge is 2.21. The van der Waals surface area contributed by atoms with Crippen LogP contribution >= 0.6 is 0 Å². The molecule has 0 saturated carbocycles. The van der Waals surface area contributed by atoms with Crippen LogP contribution < -0.4 is 21.3 Å². The molecule has 0 saturated heterocycles. The normalized spacial score (nSPS) is 19.0. The van der Waals surface area contributed by atoms with E-state index in [-0.39, 0.29) is 0 Å². The summed E-state index contributed by atoms with van der Waals surface area (Å²) in [4.78, 5) is 24.9. The molecule has 8 nitrogen and oxygen atoms in total. The predicted molar refractivity (Wildman–Crippen MR) is 211 cm³/mol. The van der Waals surface area contributed by atoms with Crippen molar-refractivity contribution in [1.29, 1.82) is 0 Å². The van der Waals surface area contributed by atoms with Crippen LogP contribution in [0.5, 0.6) is 0 Å². The Morgan fingerprint density at radius 1 is 0.423 bits per heavy atom. The van der Waals surface area contributed by atoms with Gasteiger partial charge in [-0.1, -0.05) is 110 Å². The van der Waals surface area contributed by atoms with E-state index in [9.17, 15) is 19.8 Å². The second kappa shape index (κ2) is 16.7. The molecular formula is C44H48N4O4. The molecule has 268 valence electrons. The molecule has 1 heterocycles. The van der Waals surface area contributed by atoms with Crippen LogP contribution in [-0.4, -0.2) is 47.3 Å². The third kappa shape index (κ3) is 7.66. The number of carboxylic acids is 2. The first kappa shape index (κ1) is 35.5. The van der Waals surface area contributed by atoms with E-state index in [0.29, 0.717) is 25.9 Å². The third-order valence-electron chi connectivity index (χ3n) is 10.8. The fourth-order valence-corrected chi connectivity index (χ4v) is 8.08. The van der Waals surface area contributed by atoms with E-state index >= 15 is 0 Å². The van der Waals surface area contributed by atoms with Crippen molar-refractivity contribution in [3.05, 3.63) is 119 Å². The number of aliphatic carboxylic acids is 2. The molecule has 0 radical (unpaired) electrons. The van der Waals surface area contributed by atoms with Crippen LogP contribution in [0, 0.1) is 0 Å². The molecule has 4 bridgehead atoms. The van der Waals surface area contributed by atoms with Gasteiger partial charge < -0.3 is 31.5 Å². The Balaban J connectivity index is 1.18. The van der Waals surface area contributed by atoms with Gasteiger partial charge in [0.05, 0.1) is 0 Å². The largest absolute Gasteiger partial charge is 0.480 e. The molecule has 0 spiro atoms. The summed E-state index contributed by atoms with van der Waals surface area (Å²) >= 11 is 0. The molecule has 0 aliphatic carbocycles. The minimum Gasteiger partial charge on any atom is -0.480 e. The Kier molecular flexibility index (Phi) is 11.4. The van der Waals surface area contributed by atoms with Gasteiger partial charge in [-0.3, -0.25) is 9.59 Å². The molecule has 6 aromatic carbocycles. The van der Waals surface area contributed by atoms with Gasteiger partial charge in [0.2, 0.25) is 0 Å². The van der Waals surface area contributed by atoms with Gasteiger partial charge in [-0.05, 0) is 104 Å². The van der Waals surface area contributed by atoms with Crippen molar-refractivity contribution in [2.24, 2.45) is 0 Å². The van der Waals surface area contributed by atoms with E-state index in [1.165, 1.54) is 32.7 Å². The van der Waals surface area contributed by atoms with Crippen molar-refractivity contribution in [1.82, 2.24) is 21.3 Å². The summed E-state index contributed by atoms with van der Waals surface area (Å²) in [6, 6.07) is 32.2. The lowest BCUT2D eigenvalue weighted by Crippen LogP contribution is -2.37. The van der Waals surface area contributed by atoms with Gasteiger partial charge in [-0.2, -0.15) is 0 Å². The maximum absolute atomic E-state index is 12.5. The maximum atomic E-state index is 12.5. The number of carboxylic acid groups (broad SMARTS) is 2. The average molecular weight is 697 g/mol. The van der Waals surface area contributed by atoms with Gasteiger partial charge in [0.15, 0.2) is 0 Å². The Bertz CT molecular complexity index is 1950. The summed E-state index contributed by atoms with van der Waals surface area (Å²) in [5.74, 6) is -1.69. The first-order valence-electron chi connectivity index (χ1n) is 18.7. The van der Waals surface area contributed by atoms with Gasteiger partial charge in [0.1, 0.15) is 12.1 Å². The quantitative estimate of drug-likeness (QED) is 0.102. The standard InChI is InChI=1S/C44H48N4O4/c49-43(50)41-21-9-11-23-45-25-37-29-13-1-2-14-30(29)38(32-16-4-3-15-31(32)37)26-46-24-12-10-22-42(44(51)52)48-28-40-35-19-7-5-17-33(35)39(27-47-41)34-18-6-8-20-36(34)40/h1-8,13-20,41-42,45-48H,9-12,21-28H2,(H,49,50)(H,51,52)/t41-,42-/m0/s1. The second-order valence-electron chi connectivity index (χ2n) is 14.0. The fraction of sp³-hybridized carbons (Fsp3) is 0.318. The number of hydrogen-bond acceptors (Lipinski definition) is 6. The highest BCUT2D eigenvalue weighted by atomic mass is 16.4. The molecule has 2 atom stereocenters. The minimum atomic E-state index is -0.845. The monoisotopic (exact) mass is 696 g/mol. The second-order valence-corrected chi connectivity index (χ2v) is 14.0. The number of carbonyl (C=O) groups is 2. The smallest absolute Gasteiger partial charge is 0.320 e. The van der Waals surface area contributed by atoms with E-state index in [1.54, 1.807) is 0 Å². The lowest BCUT2D eigenvalue weighted by atomic mass is 9.91. The lowest BCUT2D eigenvalue weighted by Gasteiger charge is -2.21. The lowest BCUT2D eigenvalue weighted by molar-refractivity contribution is -0.140. The highest BCUT2D eigenvalue weighted by molar-refractivity contribution is 6.07. The van der Waals surface area contributed by atoms with Crippen LogP contribution in [0.4, 0.5) is 0 Å². The third-order valence-corrected chi connectivity index (χ3v) is 10.8. The first-order valence-corrected chi connectivity index (χ1v) is 18.7. The zero-order chi connectivity index (χ0) is 35.9. The van der Waals surface area contributed by atoms with Gasteiger partial charge in [0.25, 0.3) is 0 Å². The van der Waals surface area contributed by atoms with Crippen LogP contribution in [0.25, 0.3) is 43.1 Å². The van der Waals surface area contributed by atoms with E-state index in [0.717, 1.165) is 84.5 Å². The van der Waals surface area contributed by atoms with E-state index in [2.05, 4.69) is 94.1 Å². The van der Waals surface area contributed by atoms with E-state index in [4.69, 9.17) is 0 Å². The Morgan fingerprint density at radius 3 is 0.962 bits per heavy atom. The summed E-state index contributed by atoms with van der Waals surface area (Å²) in [7, 11) is 0. The molecule has 6 N–H and O–H groups in total. The molecule has 0 aromatic heterocycles. The number of hydrogen-bond donors (Lipinski definition) is 6. The van der Waals surface area contributed by atoms with Crippen LogP contribution in [0.1, 0.15) is 60.8 Å². The zero-order valence-corrected chi connectivity index (χ0v) is 29.6. The van der Waals surface area contributed by atoms with E-state index in [1.807, 2.05) is 24.3 Å². The van der Waals surface area contributed by atoms with E-state index < -0.39 is 24.0 Å². The molecule has 1 aliphatic heterocycles.